The van der Waals surface area contributed by atoms with Crippen LogP contribution in [0.4, 0.5) is 17.2 Å². The van der Waals surface area contributed by atoms with Crippen LogP contribution in [0.3, 0.4) is 0 Å². The number of benzene rings is 2. The summed E-state index contributed by atoms with van der Waals surface area (Å²) in [7, 11) is 0. The highest BCUT2D eigenvalue weighted by atomic mass is 35.5. The fourth-order valence-electron chi connectivity index (χ4n) is 2.76. The van der Waals surface area contributed by atoms with Crippen molar-refractivity contribution in [2.45, 2.75) is 20.8 Å². The minimum absolute atomic E-state index is 0.216. The van der Waals surface area contributed by atoms with E-state index in [1.54, 1.807) is 30.5 Å². The Bertz CT molecular complexity index is 931. The van der Waals surface area contributed by atoms with E-state index in [9.17, 15) is 4.79 Å². The molecule has 0 atom stereocenters. The van der Waals surface area contributed by atoms with Crippen LogP contribution in [0.25, 0.3) is 0 Å². The molecular formula is C20H19ClN4O. The van der Waals surface area contributed by atoms with Gasteiger partial charge in [0.1, 0.15) is 11.5 Å². The maximum absolute atomic E-state index is 12.3. The topological polar surface area (TPSA) is 66.9 Å². The number of amides is 1. The van der Waals surface area contributed by atoms with E-state index in [1.165, 1.54) is 11.8 Å². The highest BCUT2D eigenvalue weighted by Crippen LogP contribution is 2.25. The average molecular weight is 367 g/mol. The molecule has 0 radical (unpaired) electrons. The molecule has 6 heteroatoms. The fraction of sp³-hybridized carbons (Fsp3) is 0.150. The first-order valence-electron chi connectivity index (χ1n) is 8.17. The Morgan fingerprint density at radius 3 is 2.31 bits per heavy atom. The zero-order valence-electron chi connectivity index (χ0n) is 14.8. The van der Waals surface area contributed by atoms with Gasteiger partial charge in [-0.2, -0.15) is 0 Å². The molecule has 0 aliphatic heterocycles. The predicted octanol–water partition coefficient (Wildman–Crippen LogP) is 5.05. The van der Waals surface area contributed by atoms with Gasteiger partial charge < -0.3 is 10.6 Å². The number of nitrogens with one attached hydrogen (secondary N) is 2. The van der Waals surface area contributed by atoms with Gasteiger partial charge >= 0.3 is 0 Å². The van der Waals surface area contributed by atoms with E-state index in [0.29, 0.717) is 16.5 Å². The summed E-state index contributed by atoms with van der Waals surface area (Å²) in [6.45, 7) is 6.15. The molecule has 0 bridgehead atoms. The van der Waals surface area contributed by atoms with Crippen LogP contribution < -0.4 is 10.6 Å². The first-order chi connectivity index (χ1) is 12.4. The van der Waals surface area contributed by atoms with Crippen molar-refractivity contribution >= 4 is 34.7 Å². The van der Waals surface area contributed by atoms with Gasteiger partial charge in [0, 0.05) is 5.69 Å². The van der Waals surface area contributed by atoms with E-state index < -0.39 is 0 Å². The fourth-order valence-corrected chi connectivity index (χ4v) is 2.95. The Balaban J connectivity index is 1.75. The number of rotatable bonds is 4. The van der Waals surface area contributed by atoms with E-state index in [2.05, 4.69) is 39.7 Å². The lowest BCUT2D eigenvalue weighted by molar-refractivity contribution is 0.102. The Morgan fingerprint density at radius 1 is 1.00 bits per heavy atom. The summed E-state index contributed by atoms with van der Waals surface area (Å²) in [6, 6.07) is 11.2. The van der Waals surface area contributed by atoms with Gasteiger partial charge in [0.05, 0.1) is 23.1 Å². The van der Waals surface area contributed by atoms with Crippen LogP contribution in [-0.2, 0) is 0 Å². The minimum atomic E-state index is -0.361. The molecular weight excluding hydrogens is 348 g/mol. The molecule has 3 aromatic rings. The number of para-hydroxylation sites is 1. The van der Waals surface area contributed by atoms with Gasteiger partial charge in [-0.05, 0) is 44.0 Å². The molecule has 5 nitrogen and oxygen atoms in total. The summed E-state index contributed by atoms with van der Waals surface area (Å²) in [5.41, 5.74) is 5.22. The van der Waals surface area contributed by atoms with Crippen molar-refractivity contribution in [2.75, 3.05) is 10.6 Å². The quantitative estimate of drug-likeness (QED) is 0.678. The van der Waals surface area contributed by atoms with E-state index in [4.69, 9.17) is 11.6 Å². The zero-order valence-corrected chi connectivity index (χ0v) is 15.6. The molecule has 26 heavy (non-hydrogen) atoms. The summed E-state index contributed by atoms with van der Waals surface area (Å²) in [5, 5.41) is 6.46. The summed E-state index contributed by atoms with van der Waals surface area (Å²) < 4.78 is 0. The van der Waals surface area contributed by atoms with E-state index in [0.717, 1.165) is 16.8 Å². The normalized spacial score (nSPS) is 10.5. The van der Waals surface area contributed by atoms with Gasteiger partial charge in [0.2, 0.25) is 0 Å². The predicted molar refractivity (Wildman–Crippen MR) is 105 cm³/mol. The summed E-state index contributed by atoms with van der Waals surface area (Å²) in [4.78, 5) is 20.8. The molecule has 2 aromatic carbocycles. The molecule has 0 spiro atoms. The van der Waals surface area contributed by atoms with Crippen molar-refractivity contribution in [3.63, 3.8) is 0 Å². The molecule has 0 aliphatic rings. The summed E-state index contributed by atoms with van der Waals surface area (Å²) in [5.74, 6) is 0.217. The van der Waals surface area contributed by atoms with Crippen LogP contribution in [0, 0.1) is 20.8 Å². The molecule has 0 saturated heterocycles. The molecule has 0 aliphatic carbocycles. The SMILES string of the molecule is Cc1cc(C)c(Nc2cnc(C(=O)Nc3ccccc3Cl)cn2)c(C)c1. The lowest BCUT2D eigenvalue weighted by atomic mass is 10.1. The monoisotopic (exact) mass is 366 g/mol. The van der Waals surface area contributed by atoms with Crippen molar-refractivity contribution < 1.29 is 4.79 Å². The number of aryl methyl sites for hydroxylation is 3. The molecule has 3 rings (SSSR count). The first kappa shape index (κ1) is 17.9. The number of halogens is 1. The number of carbonyl (C=O) groups excluding carboxylic acids is 1. The Morgan fingerprint density at radius 2 is 1.69 bits per heavy atom. The summed E-state index contributed by atoms with van der Waals surface area (Å²) >= 11 is 6.05. The summed E-state index contributed by atoms with van der Waals surface area (Å²) in [6.07, 6.45) is 2.98. The van der Waals surface area contributed by atoms with Gasteiger partial charge in [-0.15, -0.1) is 0 Å². The third-order valence-corrected chi connectivity index (χ3v) is 4.27. The number of carbonyl (C=O) groups is 1. The Labute approximate surface area is 157 Å². The average Bonchev–Trinajstić information content (AvgIpc) is 2.60. The molecule has 2 N–H and O–H groups in total. The Kier molecular flexibility index (Phi) is 5.19. The number of anilines is 3. The zero-order chi connectivity index (χ0) is 18.7. The number of hydrogen-bond acceptors (Lipinski definition) is 4. The standard InChI is InChI=1S/C20H19ClN4O/c1-12-8-13(2)19(14(3)9-12)25-18-11-22-17(10-23-18)20(26)24-16-7-5-4-6-15(16)21/h4-11H,1-3H3,(H,23,25)(H,24,26). The van der Waals surface area contributed by atoms with Crippen LogP contribution in [0.2, 0.25) is 5.02 Å². The number of nitrogens with zero attached hydrogens (tertiary/aromatic N) is 2. The van der Waals surface area contributed by atoms with Crippen LogP contribution in [0.5, 0.6) is 0 Å². The highest BCUT2D eigenvalue weighted by Gasteiger charge is 2.11. The van der Waals surface area contributed by atoms with Gasteiger partial charge in [-0.3, -0.25) is 4.79 Å². The second-order valence-corrected chi connectivity index (χ2v) is 6.53. The molecule has 0 saturated carbocycles. The Hall–Kier alpha value is -2.92. The number of hydrogen-bond donors (Lipinski definition) is 2. The van der Waals surface area contributed by atoms with Crippen molar-refractivity contribution in [3.05, 3.63) is 76.2 Å². The molecule has 1 amide bonds. The third kappa shape index (κ3) is 4.00. The second-order valence-electron chi connectivity index (χ2n) is 6.12. The third-order valence-electron chi connectivity index (χ3n) is 3.94. The lowest BCUT2D eigenvalue weighted by Crippen LogP contribution is -2.14. The van der Waals surface area contributed by atoms with Crippen molar-refractivity contribution in [2.24, 2.45) is 0 Å². The maximum Gasteiger partial charge on any atom is 0.275 e. The van der Waals surface area contributed by atoms with Gasteiger partial charge in [0.15, 0.2) is 0 Å². The van der Waals surface area contributed by atoms with Crippen LogP contribution >= 0.6 is 11.6 Å². The van der Waals surface area contributed by atoms with E-state index in [-0.39, 0.29) is 11.6 Å². The van der Waals surface area contributed by atoms with E-state index in [1.807, 2.05) is 13.8 Å². The van der Waals surface area contributed by atoms with Crippen molar-refractivity contribution in [1.82, 2.24) is 9.97 Å². The minimum Gasteiger partial charge on any atom is -0.339 e. The van der Waals surface area contributed by atoms with Crippen LogP contribution in [0.1, 0.15) is 27.2 Å². The smallest absolute Gasteiger partial charge is 0.275 e. The van der Waals surface area contributed by atoms with Crippen LogP contribution in [-0.4, -0.2) is 15.9 Å². The molecule has 0 unspecified atom stereocenters. The lowest BCUT2D eigenvalue weighted by Gasteiger charge is -2.13. The number of aromatic nitrogens is 2. The molecule has 1 heterocycles. The molecule has 0 fully saturated rings. The molecule has 132 valence electrons. The van der Waals surface area contributed by atoms with Crippen molar-refractivity contribution in [1.29, 1.82) is 0 Å². The first-order valence-corrected chi connectivity index (χ1v) is 8.54. The maximum atomic E-state index is 12.3. The van der Waals surface area contributed by atoms with Crippen LogP contribution in [0.15, 0.2) is 48.8 Å². The molecule has 1 aromatic heterocycles. The largest absolute Gasteiger partial charge is 0.339 e. The van der Waals surface area contributed by atoms with Gasteiger partial charge in [-0.1, -0.05) is 41.4 Å². The van der Waals surface area contributed by atoms with Gasteiger partial charge in [-0.25, -0.2) is 9.97 Å². The highest BCUT2D eigenvalue weighted by molar-refractivity contribution is 6.33. The van der Waals surface area contributed by atoms with E-state index >= 15 is 0 Å². The van der Waals surface area contributed by atoms with Gasteiger partial charge in [0.25, 0.3) is 5.91 Å². The second kappa shape index (κ2) is 7.54. The van der Waals surface area contributed by atoms with Crippen molar-refractivity contribution in [3.8, 4) is 0 Å².